The molecular formula is C23H34N4O4. The van der Waals surface area contributed by atoms with E-state index in [-0.39, 0.29) is 24.0 Å². The summed E-state index contributed by atoms with van der Waals surface area (Å²) in [6.45, 7) is 8.52. The van der Waals surface area contributed by atoms with Crippen molar-refractivity contribution in [3.8, 4) is 5.75 Å². The minimum absolute atomic E-state index is 0.00765. The summed E-state index contributed by atoms with van der Waals surface area (Å²) in [5.41, 5.74) is 6.00. The summed E-state index contributed by atoms with van der Waals surface area (Å²) in [5, 5.41) is 0. The third kappa shape index (κ3) is 6.23. The lowest BCUT2D eigenvalue weighted by Gasteiger charge is -2.25. The van der Waals surface area contributed by atoms with Crippen molar-refractivity contribution < 1.29 is 9.53 Å². The predicted molar refractivity (Wildman–Crippen MR) is 124 cm³/mol. The lowest BCUT2D eigenvalue weighted by atomic mass is 10.1. The van der Waals surface area contributed by atoms with Gasteiger partial charge in [0.15, 0.2) is 12.3 Å². The Bertz CT molecular complexity index is 994. The highest BCUT2D eigenvalue weighted by Crippen LogP contribution is 2.21. The van der Waals surface area contributed by atoms with Crippen molar-refractivity contribution in [1.29, 1.82) is 0 Å². The van der Waals surface area contributed by atoms with Crippen molar-refractivity contribution in [3.05, 3.63) is 50.7 Å². The zero-order valence-electron chi connectivity index (χ0n) is 18.9. The fourth-order valence-electron chi connectivity index (χ4n) is 3.28. The van der Waals surface area contributed by atoms with Crippen molar-refractivity contribution in [2.75, 3.05) is 23.8 Å². The van der Waals surface area contributed by atoms with Crippen LogP contribution in [0.2, 0.25) is 0 Å². The number of nitrogens with zero attached hydrogens (tertiary/aromatic N) is 2. The van der Waals surface area contributed by atoms with Gasteiger partial charge in [-0.05, 0) is 36.8 Å². The Kier molecular flexibility index (Phi) is 8.90. The first-order valence-electron chi connectivity index (χ1n) is 10.9. The molecule has 1 aromatic carbocycles. The number of hydrogen-bond acceptors (Lipinski definition) is 5. The average Bonchev–Trinajstić information content (AvgIpc) is 2.74. The second kappa shape index (κ2) is 11.4. The van der Waals surface area contributed by atoms with Gasteiger partial charge in [-0.1, -0.05) is 52.3 Å². The Balaban J connectivity index is 2.38. The van der Waals surface area contributed by atoms with E-state index in [1.54, 1.807) is 0 Å². The molecule has 8 heteroatoms. The molecule has 0 fully saturated rings. The van der Waals surface area contributed by atoms with Crippen molar-refractivity contribution in [1.82, 2.24) is 9.55 Å². The van der Waals surface area contributed by atoms with Crippen molar-refractivity contribution in [3.63, 3.8) is 0 Å². The number of aromatic nitrogens is 2. The van der Waals surface area contributed by atoms with E-state index in [1.165, 1.54) is 9.47 Å². The van der Waals surface area contributed by atoms with Crippen LogP contribution in [-0.4, -0.2) is 28.6 Å². The van der Waals surface area contributed by atoms with Crippen LogP contribution in [-0.2, 0) is 17.8 Å². The first-order valence-corrected chi connectivity index (χ1v) is 10.9. The van der Waals surface area contributed by atoms with E-state index in [1.807, 2.05) is 52.0 Å². The van der Waals surface area contributed by atoms with Gasteiger partial charge in [0.25, 0.3) is 11.5 Å². The zero-order chi connectivity index (χ0) is 23.0. The topological polar surface area (TPSA) is 110 Å². The van der Waals surface area contributed by atoms with E-state index < -0.39 is 11.2 Å². The monoisotopic (exact) mass is 430 g/mol. The third-order valence-corrected chi connectivity index (χ3v) is 5.16. The molecule has 1 amide bonds. The molecule has 2 rings (SSSR count). The third-order valence-electron chi connectivity index (χ3n) is 5.16. The average molecular weight is 431 g/mol. The van der Waals surface area contributed by atoms with Crippen LogP contribution in [0.15, 0.2) is 33.9 Å². The largest absolute Gasteiger partial charge is 0.483 e. The summed E-state index contributed by atoms with van der Waals surface area (Å²) >= 11 is 0. The maximum atomic E-state index is 13.1. The fourth-order valence-corrected chi connectivity index (χ4v) is 3.28. The number of amides is 1. The van der Waals surface area contributed by atoms with Gasteiger partial charge in [0, 0.05) is 13.1 Å². The summed E-state index contributed by atoms with van der Waals surface area (Å²) in [6.07, 6.45) is 3.04. The molecule has 1 heterocycles. The number of ether oxygens (including phenoxy) is 1. The van der Waals surface area contributed by atoms with Crippen LogP contribution in [0.5, 0.6) is 5.75 Å². The number of carbonyl (C=O) groups is 1. The van der Waals surface area contributed by atoms with Crippen molar-refractivity contribution in [2.45, 2.75) is 59.9 Å². The second-order valence-electron chi connectivity index (χ2n) is 7.98. The summed E-state index contributed by atoms with van der Waals surface area (Å²) in [5.74, 6) is 0.568. The number of nitrogen functional groups attached to an aromatic ring is 1. The van der Waals surface area contributed by atoms with E-state index in [4.69, 9.17) is 10.5 Å². The molecule has 0 unspecified atom stereocenters. The molecule has 0 aliphatic rings. The molecule has 170 valence electrons. The second-order valence-corrected chi connectivity index (χ2v) is 7.98. The molecule has 0 atom stereocenters. The number of H-pyrrole nitrogens is 1. The minimum atomic E-state index is -0.665. The van der Waals surface area contributed by atoms with Gasteiger partial charge < -0.3 is 15.4 Å². The summed E-state index contributed by atoms with van der Waals surface area (Å²) < 4.78 is 7.11. The molecule has 8 nitrogen and oxygen atoms in total. The molecular weight excluding hydrogens is 396 g/mol. The number of nitrogens with two attached hydrogens (primary N) is 1. The van der Waals surface area contributed by atoms with Crippen LogP contribution < -0.4 is 26.6 Å². The SMILES string of the molecule is CCCCn1c(N)c(N(CCC(C)C)C(=O)COc2ccccc2CC)c(=O)[nH]c1=O. The highest BCUT2D eigenvalue weighted by Gasteiger charge is 2.25. The standard InChI is InChI=1S/C23H34N4O4/c1-5-7-13-27-21(24)20(22(29)25-23(27)30)26(14-12-16(3)4)19(28)15-31-18-11-9-8-10-17(18)6-2/h8-11,16H,5-7,12-15,24H2,1-4H3,(H,25,29,30). The maximum Gasteiger partial charge on any atom is 0.330 e. The Morgan fingerprint density at radius 2 is 1.94 bits per heavy atom. The molecule has 1 aromatic heterocycles. The van der Waals surface area contributed by atoms with E-state index in [0.717, 1.165) is 24.8 Å². The van der Waals surface area contributed by atoms with Gasteiger partial charge in [-0.3, -0.25) is 19.1 Å². The minimum Gasteiger partial charge on any atom is -0.483 e. The smallest absolute Gasteiger partial charge is 0.330 e. The van der Waals surface area contributed by atoms with Crippen molar-refractivity contribution >= 4 is 17.4 Å². The van der Waals surface area contributed by atoms with Gasteiger partial charge in [0.1, 0.15) is 11.6 Å². The molecule has 0 spiro atoms. The molecule has 31 heavy (non-hydrogen) atoms. The number of unbranched alkanes of at least 4 members (excludes halogenated alkanes) is 1. The molecule has 0 saturated heterocycles. The number of anilines is 2. The number of aromatic amines is 1. The number of benzene rings is 1. The Hall–Kier alpha value is -3.03. The Morgan fingerprint density at radius 3 is 2.58 bits per heavy atom. The van der Waals surface area contributed by atoms with Crippen LogP contribution in [0.25, 0.3) is 0 Å². The van der Waals surface area contributed by atoms with Gasteiger partial charge in [-0.25, -0.2) is 4.79 Å². The normalized spacial score (nSPS) is 11.0. The van der Waals surface area contributed by atoms with Gasteiger partial charge in [-0.2, -0.15) is 0 Å². The van der Waals surface area contributed by atoms with E-state index in [9.17, 15) is 14.4 Å². The van der Waals surface area contributed by atoms with E-state index >= 15 is 0 Å². The van der Waals surface area contributed by atoms with Gasteiger partial charge in [0.2, 0.25) is 0 Å². The molecule has 0 aliphatic carbocycles. The van der Waals surface area contributed by atoms with Gasteiger partial charge in [-0.15, -0.1) is 0 Å². The van der Waals surface area contributed by atoms with E-state index in [2.05, 4.69) is 4.98 Å². The number of aryl methyl sites for hydroxylation is 1. The number of hydrogen-bond donors (Lipinski definition) is 2. The zero-order valence-corrected chi connectivity index (χ0v) is 18.9. The summed E-state index contributed by atoms with van der Waals surface area (Å²) in [7, 11) is 0. The quantitative estimate of drug-likeness (QED) is 0.569. The lowest BCUT2D eigenvalue weighted by Crippen LogP contribution is -2.43. The van der Waals surface area contributed by atoms with Crippen LogP contribution in [0.4, 0.5) is 11.5 Å². The van der Waals surface area contributed by atoms with Gasteiger partial charge in [0.05, 0.1) is 0 Å². The van der Waals surface area contributed by atoms with E-state index in [0.29, 0.717) is 31.2 Å². The highest BCUT2D eigenvalue weighted by atomic mass is 16.5. The highest BCUT2D eigenvalue weighted by molar-refractivity contribution is 5.96. The number of rotatable bonds is 11. The number of carbonyl (C=O) groups excluding carboxylic acids is 1. The Morgan fingerprint density at radius 1 is 1.23 bits per heavy atom. The fraction of sp³-hybridized carbons (Fsp3) is 0.522. The lowest BCUT2D eigenvalue weighted by molar-refractivity contribution is -0.120. The Labute approximate surface area is 183 Å². The molecule has 0 saturated carbocycles. The number of nitrogens with one attached hydrogen (secondary N) is 1. The first kappa shape index (κ1) is 24.2. The molecule has 2 aromatic rings. The van der Waals surface area contributed by atoms with Crippen molar-refractivity contribution in [2.24, 2.45) is 5.92 Å². The molecule has 0 radical (unpaired) electrons. The molecule has 0 aliphatic heterocycles. The summed E-state index contributed by atoms with van der Waals surface area (Å²) in [6, 6.07) is 7.53. The van der Waals surface area contributed by atoms with Crippen LogP contribution in [0.1, 0.15) is 52.5 Å². The number of para-hydroxylation sites is 1. The summed E-state index contributed by atoms with van der Waals surface area (Å²) in [4.78, 5) is 41.7. The maximum absolute atomic E-state index is 13.1. The first-order chi connectivity index (χ1) is 14.8. The van der Waals surface area contributed by atoms with Crippen LogP contribution >= 0.6 is 0 Å². The van der Waals surface area contributed by atoms with Crippen LogP contribution in [0, 0.1) is 5.92 Å². The van der Waals surface area contributed by atoms with Crippen LogP contribution in [0.3, 0.4) is 0 Å². The molecule has 3 N–H and O–H groups in total. The predicted octanol–water partition coefficient (Wildman–Crippen LogP) is 2.94. The van der Waals surface area contributed by atoms with Gasteiger partial charge >= 0.3 is 5.69 Å². The molecule has 0 bridgehead atoms.